The predicted octanol–water partition coefficient (Wildman–Crippen LogP) is 4.25. The van der Waals surface area contributed by atoms with E-state index < -0.39 is 0 Å². The molecule has 0 heteroatoms. The van der Waals surface area contributed by atoms with Crippen LogP contribution in [0.4, 0.5) is 0 Å². The fraction of sp³-hybridized carbons (Fsp3) is 0.571. The summed E-state index contributed by atoms with van der Waals surface area (Å²) < 4.78 is 0. The van der Waals surface area contributed by atoms with Crippen LogP contribution in [0, 0.1) is 0 Å². The van der Waals surface area contributed by atoms with Crippen LogP contribution in [0.15, 0.2) is 24.3 Å². The smallest absolute Gasteiger partial charge is 0.0129 e. The summed E-state index contributed by atoms with van der Waals surface area (Å²) in [4.78, 5) is 0. The standard InChI is InChI=1S/C14H20/c1-14(2,3)13-10-5-4-9-12(13)11-7-6-8-11/h4-5,9-11H,6-8H2,1-3H3. The average molecular weight is 188 g/mol. The van der Waals surface area contributed by atoms with Crippen molar-refractivity contribution in [3.8, 4) is 0 Å². The highest BCUT2D eigenvalue weighted by Crippen LogP contribution is 2.40. The Kier molecular flexibility index (Phi) is 2.38. The van der Waals surface area contributed by atoms with Gasteiger partial charge in [-0.15, -0.1) is 0 Å². The van der Waals surface area contributed by atoms with Crippen LogP contribution in [-0.2, 0) is 5.41 Å². The van der Waals surface area contributed by atoms with E-state index in [1.807, 2.05) is 0 Å². The molecule has 14 heavy (non-hydrogen) atoms. The minimum absolute atomic E-state index is 0.298. The van der Waals surface area contributed by atoms with Gasteiger partial charge in [-0.2, -0.15) is 0 Å². The molecule has 2 rings (SSSR count). The Bertz CT molecular complexity index is 313. The van der Waals surface area contributed by atoms with E-state index in [0.29, 0.717) is 5.41 Å². The van der Waals surface area contributed by atoms with E-state index >= 15 is 0 Å². The van der Waals surface area contributed by atoms with Crippen molar-refractivity contribution in [2.45, 2.75) is 51.4 Å². The fourth-order valence-corrected chi connectivity index (χ4v) is 2.26. The first kappa shape index (κ1) is 9.76. The van der Waals surface area contributed by atoms with E-state index in [9.17, 15) is 0 Å². The SMILES string of the molecule is CC(C)(C)c1ccccc1C1CCC1. The van der Waals surface area contributed by atoms with Gasteiger partial charge in [-0.1, -0.05) is 51.5 Å². The largest absolute Gasteiger partial charge is 0.0620 e. The van der Waals surface area contributed by atoms with Crippen molar-refractivity contribution in [1.82, 2.24) is 0 Å². The summed E-state index contributed by atoms with van der Waals surface area (Å²) >= 11 is 0. The molecule has 0 heterocycles. The summed E-state index contributed by atoms with van der Waals surface area (Å²) in [6.45, 7) is 6.93. The van der Waals surface area contributed by atoms with E-state index in [0.717, 1.165) is 5.92 Å². The molecule has 1 fully saturated rings. The molecular weight excluding hydrogens is 168 g/mol. The molecule has 0 nitrogen and oxygen atoms in total. The van der Waals surface area contributed by atoms with E-state index in [2.05, 4.69) is 45.0 Å². The molecular formula is C14H20. The summed E-state index contributed by atoms with van der Waals surface area (Å²) in [7, 11) is 0. The molecule has 1 saturated carbocycles. The maximum absolute atomic E-state index is 2.32. The lowest BCUT2D eigenvalue weighted by Crippen LogP contribution is -2.18. The van der Waals surface area contributed by atoms with Gasteiger partial charge in [-0.05, 0) is 35.3 Å². The molecule has 0 aromatic heterocycles. The Hall–Kier alpha value is -0.780. The van der Waals surface area contributed by atoms with Gasteiger partial charge < -0.3 is 0 Å². The van der Waals surface area contributed by atoms with Crippen molar-refractivity contribution in [3.63, 3.8) is 0 Å². The van der Waals surface area contributed by atoms with Gasteiger partial charge in [-0.25, -0.2) is 0 Å². The normalized spacial score (nSPS) is 17.9. The number of rotatable bonds is 1. The van der Waals surface area contributed by atoms with Crippen LogP contribution >= 0.6 is 0 Å². The molecule has 76 valence electrons. The lowest BCUT2D eigenvalue weighted by Gasteiger charge is -2.32. The lowest BCUT2D eigenvalue weighted by molar-refractivity contribution is 0.410. The summed E-state index contributed by atoms with van der Waals surface area (Å²) in [5, 5.41) is 0. The number of hydrogen-bond donors (Lipinski definition) is 0. The highest BCUT2D eigenvalue weighted by Gasteiger charge is 2.25. The maximum atomic E-state index is 2.32. The predicted molar refractivity (Wildman–Crippen MR) is 61.7 cm³/mol. The number of hydrogen-bond acceptors (Lipinski definition) is 0. The van der Waals surface area contributed by atoms with Gasteiger partial charge in [0.25, 0.3) is 0 Å². The fourth-order valence-electron chi connectivity index (χ4n) is 2.26. The average Bonchev–Trinajstić information content (AvgIpc) is 2.00. The molecule has 0 spiro atoms. The Morgan fingerprint density at radius 2 is 1.71 bits per heavy atom. The topological polar surface area (TPSA) is 0 Å². The van der Waals surface area contributed by atoms with Crippen LogP contribution in [0.2, 0.25) is 0 Å². The zero-order valence-corrected chi connectivity index (χ0v) is 9.51. The third kappa shape index (κ3) is 1.70. The zero-order valence-electron chi connectivity index (χ0n) is 9.51. The zero-order chi connectivity index (χ0) is 10.2. The van der Waals surface area contributed by atoms with E-state index in [1.165, 1.54) is 19.3 Å². The molecule has 0 unspecified atom stereocenters. The summed E-state index contributed by atoms with van der Waals surface area (Å²) in [5.41, 5.74) is 3.45. The minimum Gasteiger partial charge on any atom is -0.0620 e. The quantitative estimate of drug-likeness (QED) is 0.618. The third-order valence-corrected chi connectivity index (χ3v) is 3.31. The minimum atomic E-state index is 0.298. The van der Waals surface area contributed by atoms with Crippen molar-refractivity contribution in [1.29, 1.82) is 0 Å². The third-order valence-electron chi connectivity index (χ3n) is 3.31. The Morgan fingerprint density at radius 1 is 1.07 bits per heavy atom. The Labute approximate surface area is 87.3 Å². The van der Waals surface area contributed by atoms with Gasteiger partial charge in [0, 0.05) is 0 Å². The Morgan fingerprint density at radius 3 is 2.21 bits per heavy atom. The van der Waals surface area contributed by atoms with Gasteiger partial charge in [-0.3, -0.25) is 0 Å². The second kappa shape index (κ2) is 3.42. The van der Waals surface area contributed by atoms with Gasteiger partial charge in [0.15, 0.2) is 0 Å². The molecule has 0 amide bonds. The molecule has 1 aliphatic carbocycles. The second-order valence-corrected chi connectivity index (χ2v) is 5.47. The Balaban J connectivity index is 2.38. The summed E-state index contributed by atoms with van der Waals surface area (Å²) in [6, 6.07) is 8.98. The molecule has 0 saturated heterocycles. The maximum Gasteiger partial charge on any atom is -0.0129 e. The van der Waals surface area contributed by atoms with Gasteiger partial charge >= 0.3 is 0 Å². The molecule has 1 aromatic carbocycles. The first-order valence-corrected chi connectivity index (χ1v) is 5.68. The molecule has 0 aliphatic heterocycles. The first-order chi connectivity index (χ1) is 6.59. The van der Waals surface area contributed by atoms with Crippen molar-refractivity contribution in [3.05, 3.63) is 35.4 Å². The van der Waals surface area contributed by atoms with Gasteiger partial charge in [0.05, 0.1) is 0 Å². The number of benzene rings is 1. The summed E-state index contributed by atoms with van der Waals surface area (Å²) in [6.07, 6.45) is 4.21. The van der Waals surface area contributed by atoms with Crippen molar-refractivity contribution >= 4 is 0 Å². The monoisotopic (exact) mass is 188 g/mol. The van der Waals surface area contributed by atoms with Gasteiger partial charge in [0.2, 0.25) is 0 Å². The molecule has 0 atom stereocenters. The van der Waals surface area contributed by atoms with Crippen LogP contribution in [0.25, 0.3) is 0 Å². The lowest BCUT2D eigenvalue weighted by atomic mass is 9.73. The van der Waals surface area contributed by atoms with Crippen molar-refractivity contribution in [2.24, 2.45) is 0 Å². The summed E-state index contributed by atoms with van der Waals surface area (Å²) in [5.74, 6) is 0.852. The molecule has 1 aromatic rings. The van der Waals surface area contributed by atoms with Crippen LogP contribution in [-0.4, -0.2) is 0 Å². The van der Waals surface area contributed by atoms with Crippen LogP contribution in [0.5, 0.6) is 0 Å². The second-order valence-electron chi connectivity index (χ2n) is 5.47. The highest BCUT2D eigenvalue weighted by molar-refractivity contribution is 5.36. The van der Waals surface area contributed by atoms with Crippen molar-refractivity contribution < 1.29 is 0 Å². The van der Waals surface area contributed by atoms with E-state index in [1.54, 1.807) is 11.1 Å². The molecule has 1 aliphatic rings. The first-order valence-electron chi connectivity index (χ1n) is 5.68. The van der Waals surface area contributed by atoms with Gasteiger partial charge in [0.1, 0.15) is 0 Å². The van der Waals surface area contributed by atoms with Crippen LogP contribution in [0.3, 0.4) is 0 Å². The molecule has 0 bridgehead atoms. The van der Waals surface area contributed by atoms with E-state index in [-0.39, 0.29) is 0 Å². The van der Waals surface area contributed by atoms with Crippen molar-refractivity contribution in [2.75, 3.05) is 0 Å². The molecule has 0 radical (unpaired) electrons. The molecule has 0 N–H and O–H groups in total. The van der Waals surface area contributed by atoms with Crippen LogP contribution < -0.4 is 0 Å². The highest BCUT2D eigenvalue weighted by atomic mass is 14.3. The van der Waals surface area contributed by atoms with Crippen LogP contribution in [0.1, 0.15) is 57.1 Å². The van der Waals surface area contributed by atoms with E-state index in [4.69, 9.17) is 0 Å².